The van der Waals surface area contributed by atoms with Crippen LogP contribution in [0.3, 0.4) is 0 Å². The van der Waals surface area contributed by atoms with Gasteiger partial charge in [-0.3, -0.25) is 19.2 Å². The van der Waals surface area contributed by atoms with E-state index in [4.69, 9.17) is 0 Å². The summed E-state index contributed by atoms with van der Waals surface area (Å²) in [6, 6.07) is 7.85. The first-order valence-corrected chi connectivity index (χ1v) is 12.3. The summed E-state index contributed by atoms with van der Waals surface area (Å²) in [5.41, 5.74) is 2.40. The van der Waals surface area contributed by atoms with Crippen LogP contribution in [0.1, 0.15) is 42.1 Å². The van der Waals surface area contributed by atoms with E-state index in [0.717, 1.165) is 16.5 Å². The summed E-state index contributed by atoms with van der Waals surface area (Å²) in [4.78, 5) is 59.1. The van der Waals surface area contributed by atoms with Gasteiger partial charge in [-0.05, 0) is 37.5 Å². The van der Waals surface area contributed by atoms with Gasteiger partial charge in [0.25, 0.3) is 5.91 Å². The van der Waals surface area contributed by atoms with Gasteiger partial charge < -0.3 is 30.8 Å². The van der Waals surface area contributed by atoms with E-state index in [2.05, 4.69) is 25.9 Å². The molecule has 0 radical (unpaired) electrons. The molecule has 0 bridgehead atoms. The van der Waals surface area contributed by atoms with E-state index in [1.165, 1.54) is 0 Å². The molecule has 10 heteroatoms. The Hall–Kier alpha value is -4.08. The Morgan fingerprint density at radius 1 is 1.00 bits per heavy atom. The van der Waals surface area contributed by atoms with E-state index in [9.17, 15) is 19.2 Å². The molecule has 1 fully saturated rings. The molecular weight excluding hydrogens is 460 g/mol. The molecule has 0 aliphatic carbocycles. The maximum atomic E-state index is 13.1. The average molecular weight is 493 g/mol. The fourth-order valence-corrected chi connectivity index (χ4v) is 4.40. The van der Waals surface area contributed by atoms with E-state index in [-0.39, 0.29) is 24.1 Å². The van der Waals surface area contributed by atoms with Crippen LogP contribution in [-0.4, -0.2) is 70.2 Å². The highest BCUT2D eigenvalue weighted by molar-refractivity contribution is 5.94. The van der Waals surface area contributed by atoms with Crippen molar-refractivity contribution in [1.82, 2.24) is 30.8 Å². The van der Waals surface area contributed by atoms with Crippen LogP contribution in [0.5, 0.6) is 0 Å². The Bertz CT molecular complexity index is 1220. The van der Waals surface area contributed by atoms with Gasteiger partial charge >= 0.3 is 0 Å². The molecule has 190 valence electrons. The first kappa shape index (κ1) is 25.0. The lowest BCUT2D eigenvalue weighted by Gasteiger charge is -2.22. The molecule has 0 spiro atoms. The van der Waals surface area contributed by atoms with Gasteiger partial charge in [0.2, 0.25) is 17.7 Å². The van der Waals surface area contributed by atoms with E-state index in [1.807, 2.05) is 30.5 Å². The largest absolute Gasteiger partial charge is 0.367 e. The third kappa shape index (κ3) is 6.12. The normalized spacial score (nSPS) is 20.7. The first-order chi connectivity index (χ1) is 17.4. The Morgan fingerprint density at radius 3 is 2.61 bits per heavy atom. The zero-order chi connectivity index (χ0) is 25.5. The van der Waals surface area contributed by atoms with Crippen LogP contribution in [0.2, 0.25) is 0 Å². The molecule has 2 atom stereocenters. The fraction of sp³-hybridized carbons (Fsp3) is 0.385. The predicted molar refractivity (Wildman–Crippen MR) is 135 cm³/mol. The van der Waals surface area contributed by atoms with Crippen molar-refractivity contribution >= 4 is 34.5 Å². The molecule has 3 aromatic rings. The summed E-state index contributed by atoms with van der Waals surface area (Å²) in [6.07, 6.45) is 6.65. The first-order valence-electron chi connectivity index (χ1n) is 12.3. The fourth-order valence-electron chi connectivity index (χ4n) is 4.40. The predicted octanol–water partition coefficient (Wildman–Crippen LogP) is 1.47. The van der Waals surface area contributed by atoms with Crippen LogP contribution in [0.15, 0.2) is 48.9 Å². The Morgan fingerprint density at radius 2 is 1.81 bits per heavy atom. The van der Waals surface area contributed by atoms with Crippen LogP contribution >= 0.6 is 0 Å². The Kier molecular flexibility index (Phi) is 8.04. The molecule has 1 aliphatic rings. The average Bonchev–Trinajstić information content (AvgIpc) is 3.54. The molecule has 4 amide bonds. The number of H-pyrrole nitrogens is 2. The minimum absolute atomic E-state index is 0.130. The second-order valence-electron chi connectivity index (χ2n) is 9.05. The minimum atomic E-state index is -0.821. The minimum Gasteiger partial charge on any atom is -0.367 e. The number of benzene rings is 1. The van der Waals surface area contributed by atoms with Crippen molar-refractivity contribution in [3.63, 3.8) is 0 Å². The van der Waals surface area contributed by atoms with E-state index >= 15 is 0 Å². The molecular formula is C26H32N6O4. The number of hydrogen-bond donors (Lipinski definition) is 5. The van der Waals surface area contributed by atoms with Crippen LogP contribution in [0.25, 0.3) is 10.9 Å². The Labute approximate surface area is 209 Å². The highest BCUT2D eigenvalue weighted by atomic mass is 16.2. The number of rotatable bonds is 3. The van der Waals surface area contributed by atoms with Crippen LogP contribution in [0.4, 0.5) is 0 Å². The second-order valence-corrected chi connectivity index (χ2v) is 9.05. The number of amides is 4. The van der Waals surface area contributed by atoms with Gasteiger partial charge in [-0.1, -0.05) is 18.2 Å². The standard InChI is InChI=1S/C26H32N6O4/c1-17-24(34)31-22(14-19-16-29-21-7-3-2-6-20(19)21)25(35)28-10-5-13-32(12-4-8-23(33)30-17)26(36)18-9-11-27-15-18/h2-3,6-7,9,11,15-17,22,27,29H,4-5,8,10,12-14H2,1H3,(H,28,35)(H,30,33)(H,31,34)/t17-,22+/m0/s1. The van der Waals surface area contributed by atoms with Gasteiger partial charge in [-0.15, -0.1) is 0 Å². The maximum absolute atomic E-state index is 13.1. The molecule has 1 aromatic carbocycles. The summed E-state index contributed by atoms with van der Waals surface area (Å²) >= 11 is 0. The van der Waals surface area contributed by atoms with Crippen molar-refractivity contribution in [2.75, 3.05) is 19.6 Å². The highest BCUT2D eigenvalue weighted by Crippen LogP contribution is 2.19. The third-order valence-corrected chi connectivity index (χ3v) is 6.37. The summed E-state index contributed by atoms with van der Waals surface area (Å²) in [5.74, 6) is -1.15. The monoisotopic (exact) mass is 492 g/mol. The topological polar surface area (TPSA) is 139 Å². The maximum Gasteiger partial charge on any atom is 0.255 e. The number of carbonyl (C=O) groups excluding carboxylic acids is 4. The molecule has 0 saturated carbocycles. The number of carbonyl (C=O) groups is 4. The van der Waals surface area contributed by atoms with Crippen molar-refractivity contribution in [1.29, 1.82) is 0 Å². The van der Waals surface area contributed by atoms with Gasteiger partial charge in [-0.2, -0.15) is 0 Å². The highest BCUT2D eigenvalue weighted by Gasteiger charge is 2.26. The quantitative estimate of drug-likeness (QED) is 0.378. The Balaban J connectivity index is 1.50. The number of nitrogens with one attached hydrogen (secondary N) is 5. The number of aromatic amines is 2. The van der Waals surface area contributed by atoms with Crippen molar-refractivity contribution in [3.8, 4) is 0 Å². The van der Waals surface area contributed by atoms with Crippen molar-refractivity contribution in [2.45, 2.75) is 44.7 Å². The van der Waals surface area contributed by atoms with Gasteiger partial charge in [0.15, 0.2) is 0 Å². The van der Waals surface area contributed by atoms with E-state index in [0.29, 0.717) is 44.5 Å². The number of fused-ring (bicyclic) bond motifs is 1. The third-order valence-electron chi connectivity index (χ3n) is 6.37. The van der Waals surface area contributed by atoms with E-state index in [1.54, 1.807) is 30.3 Å². The molecule has 3 heterocycles. The molecule has 10 nitrogen and oxygen atoms in total. The molecule has 5 N–H and O–H groups in total. The molecule has 4 rings (SSSR count). The lowest BCUT2D eigenvalue weighted by molar-refractivity contribution is -0.131. The van der Waals surface area contributed by atoms with Crippen molar-refractivity contribution in [3.05, 3.63) is 60.0 Å². The number of hydrogen-bond acceptors (Lipinski definition) is 4. The van der Waals surface area contributed by atoms with Crippen LogP contribution < -0.4 is 16.0 Å². The zero-order valence-corrected chi connectivity index (χ0v) is 20.3. The molecule has 36 heavy (non-hydrogen) atoms. The van der Waals surface area contributed by atoms with Crippen LogP contribution in [-0.2, 0) is 20.8 Å². The number of para-hydroxylation sites is 1. The van der Waals surface area contributed by atoms with E-state index < -0.39 is 18.0 Å². The van der Waals surface area contributed by atoms with Gasteiger partial charge in [-0.25, -0.2) is 0 Å². The molecule has 2 aromatic heterocycles. The summed E-state index contributed by atoms with van der Waals surface area (Å²) in [5, 5.41) is 9.39. The molecule has 1 saturated heterocycles. The molecule has 1 aliphatic heterocycles. The smallest absolute Gasteiger partial charge is 0.255 e. The van der Waals surface area contributed by atoms with Gasteiger partial charge in [0.05, 0.1) is 5.56 Å². The lowest BCUT2D eigenvalue weighted by atomic mass is 10.0. The number of aromatic nitrogens is 2. The van der Waals surface area contributed by atoms with Crippen molar-refractivity contribution < 1.29 is 19.2 Å². The van der Waals surface area contributed by atoms with Gasteiger partial charge in [0, 0.05) is 62.0 Å². The van der Waals surface area contributed by atoms with Crippen LogP contribution in [0, 0.1) is 0 Å². The summed E-state index contributed by atoms with van der Waals surface area (Å²) in [6.45, 7) is 2.77. The van der Waals surface area contributed by atoms with Gasteiger partial charge in [0.1, 0.15) is 12.1 Å². The summed E-state index contributed by atoms with van der Waals surface area (Å²) in [7, 11) is 0. The zero-order valence-electron chi connectivity index (χ0n) is 20.3. The number of nitrogens with zero attached hydrogens (tertiary/aromatic N) is 1. The summed E-state index contributed by atoms with van der Waals surface area (Å²) < 4.78 is 0. The SMILES string of the molecule is C[C@@H]1NC(=O)CCCN(C(=O)c2cc[nH]c2)CCCNC(=O)[C@@H](Cc2c[nH]c3ccccc23)NC1=O. The van der Waals surface area contributed by atoms with Crippen molar-refractivity contribution in [2.24, 2.45) is 0 Å². The second kappa shape index (κ2) is 11.6. The lowest BCUT2D eigenvalue weighted by Crippen LogP contribution is -2.53. The molecule has 0 unspecified atom stereocenters.